The Morgan fingerprint density at radius 1 is 1.18 bits per heavy atom. The number of hydrogen-bond acceptors (Lipinski definition) is 10. The van der Waals surface area contributed by atoms with Gasteiger partial charge >= 0.3 is 0 Å². The smallest absolute Gasteiger partial charge is 0.291 e. The lowest BCUT2D eigenvalue weighted by atomic mass is 10.1. The van der Waals surface area contributed by atoms with E-state index in [0.29, 0.717) is 58.5 Å². The van der Waals surface area contributed by atoms with E-state index in [9.17, 15) is 27.7 Å². The monoisotopic (exact) mass is 555 g/mol. The van der Waals surface area contributed by atoms with Crippen LogP contribution in [0.4, 0.5) is 14.6 Å². The molecule has 3 heterocycles. The first-order chi connectivity index (χ1) is 18.1. The van der Waals surface area contributed by atoms with E-state index >= 15 is 0 Å². The number of nitrogens with one attached hydrogen (secondary N) is 1. The van der Waals surface area contributed by atoms with Gasteiger partial charge in [-0.1, -0.05) is 17.4 Å². The Morgan fingerprint density at radius 3 is 2.55 bits per heavy atom. The second kappa shape index (κ2) is 8.36. The molecule has 0 unspecified atom stereocenters. The maximum atomic E-state index is 13.4. The zero-order valence-corrected chi connectivity index (χ0v) is 21.5. The fraction of sp³-hybridized carbons (Fsp3) is 0.391. The van der Waals surface area contributed by atoms with Crippen molar-refractivity contribution in [2.75, 3.05) is 18.5 Å². The molecule has 2 saturated carbocycles. The largest absolute Gasteiger partial charge is 0.357 e. The summed E-state index contributed by atoms with van der Waals surface area (Å²) in [6.45, 7) is 0.434. The van der Waals surface area contributed by atoms with E-state index < -0.39 is 32.4 Å². The van der Waals surface area contributed by atoms with Crippen molar-refractivity contribution in [1.29, 1.82) is 10.5 Å². The molecule has 0 radical (unpaired) electrons. The number of benzene rings is 1. The van der Waals surface area contributed by atoms with Crippen LogP contribution in [0.2, 0.25) is 0 Å². The van der Waals surface area contributed by atoms with Crippen LogP contribution in [-0.2, 0) is 10.0 Å². The van der Waals surface area contributed by atoms with Crippen LogP contribution in [0, 0.1) is 28.1 Å². The molecule has 0 saturated heterocycles. The third kappa shape index (κ3) is 3.94. The molecule has 0 atom stereocenters. The van der Waals surface area contributed by atoms with Crippen LogP contribution in [-0.4, -0.2) is 52.3 Å². The number of halogens is 2. The van der Waals surface area contributed by atoms with Gasteiger partial charge in [0.25, 0.3) is 6.43 Å². The maximum Gasteiger partial charge on any atom is 0.291 e. The minimum atomic E-state index is -4.07. The van der Waals surface area contributed by atoms with Crippen molar-refractivity contribution in [3.05, 3.63) is 29.5 Å². The zero-order chi connectivity index (χ0) is 26.9. The number of nitrogens with zero attached hydrogens (tertiary/aromatic N) is 8. The number of rotatable bonds is 8. The fourth-order valence-electron chi connectivity index (χ4n) is 4.52. The molecule has 0 aliphatic heterocycles. The Bertz CT molecular complexity index is 1790. The van der Waals surface area contributed by atoms with Gasteiger partial charge in [0.2, 0.25) is 15.2 Å². The molecular formula is C23H19F2N9O2S2. The van der Waals surface area contributed by atoms with Crippen LogP contribution in [0.25, 0.3) is 27.1 Å². The SMILES string of the molecule is CN(CC1(C#N)CC1)c1ncnc2c1c1ccc(S(=O)(=O)NC3(C#N)CC3)cc1n2-c1nnc(C(F)F)s1. The summed E-state index contributed by atoms with van der Waals surface area (Å²) in [6.07, 6.45) is 0.900. The molecule has 194 valence electrons. The van der Waals surface area contributed by atoms with Gasteiger partial charge < -0.3 is 4.90 Å². The van der Waals surface area contributed by atoms with Gasteiger partial charge in [0, 0.05) is 19.0 Å². The molecule has 2 aliphatic carbocycles. The summed E-state index contributed by atoms with van der Waals surface area (Å²) in [7, 11) is -2.26. The van der Waals surface area contributed by atoms with Crippen molar-refractivity contribution in [3.63, 3.8) is 0 Å². The molecular weight excluding hydrogens is 536 g/mol. The van der Waals surface area contributed by atoms with E-state index in [1.165, 1.54) is 23.0 Å². The molecule has 11 nitrogen and oxygen atoms in total. The Morgan fingerprint density at radius 2 is 1.95 bits per heavy atom. The van der Waals surface area contributed by atoms with Crippen LogP contribution in [0.1, 0.15) is 37.1 Å². The van der Waals surface area contributed by atoms with Crippen LogP contribution >= 0.6 is 11.3 Å². The zero-order valence-electron chi connectivity index (χ0n) is 19.9. The maximum absolute atomic E-state index is 13.4. The molecule has 6 rings (SSSR count). The van der Waals surface area contributed by atoms with Gasteiger partial charge in [-0.2, -0.15) is 15.2 Å². The van der Waals surface area contributed by atoms with Crippen LogP contribution in [0.3, 0.4) is 0 Å². The highest BCUT2D eigenvalue weighted by molar-refractivity contribution is 7.89. The summed E-state index contributed by atoms with van der Waals surface area (Å²) in [5.74, 6) is 0.508. The highest BCUT2D eigenvalue weighted by Gasteiger charge is 2.47. The van der Waals surface area contributed by atoms with Gasteiger partial charge in [-0.05, 0) is 37.8 Å². The van der Waals surface area contributed by atoms with Crippen molar-refractivity contribution in [1.82, 2.24) is 29.5 Å². The first-order valence-corrected chi connectivity index (χ1v) is 13.9. The van der Waals surface area contributed by atoms with Crippen LogP contribution in [0.15, 0.2) is 29.4 Å². The number of sulfonamides is 1. The first-order valence-electron chi connectivity index (χ1n) is 11.6. The molecule has 1 N–H and O–H groups in total. The standard InChI is InChI=1S/C23H19F2N9O2S2/c1-33(11-22(9-26)4-5-22)18-16-14-3-2-13(38(35,36)32-23(10-27)6-7-23)8-15(14)34(19(16)29-12-28-18)21-31-30-20(37-21)17(24)25/h2-3,8,12,17,32H,4-7,11H2,1H3. The van der Waals surface area contributed by atoms with Gasteiger partial charge in [0.15, 0.2) is 10.7 Å². The molecule has 2 aliphatic rings. The topological polar surface area (TPSA) is 153 Å². The fourth-order valence-corrected chi connectivity index (χ4v) is 6.63. The van der Waals surface area contributed by atoms with E-state index in [1.54, 1.807) is 6.07 Å². The summed E-state index contributed by atoms with van der Waals surface area (Å²) in [6, 6.07) is 8.78. The van der Waals surface area contributed by atoms with Crippen LogP contribution in [0.5, 0.6) is 0 Å². The summed E-state index contributed by atoms with van der Waals surface area (Å²) in [5.41, 5.74) is -0.901. The Balaban J connectivity index is 1.57. The Kier molecular flexibility index (Phi) is 5.40. The van der Waals surface area contributed by atoms with Gasteiger partial charge in [0.1, 0.15) is 17.7 Å². The summed E-state index contributed by atoms with van der Waals surface area (Å²) >= 11 is 0.669. The van der Waals surface area contributed by atoms with Crippen molar-refractivity contribution in [2.24, 2.45) is 5.41 Å². The molecule has 0 amide bonds. The lowest BCUT2D eigenvalue weighted by Gasteiger charge is -2.21. The number of alkyl halides is 2. The number of hydrogen-bond donors (Lipinski definition) is 1. The molecule has 0 bridgehead atoms. The number of anilines is 1. The second-order valence-corrected chi connectivity index (χ2v) is 12.4. The predicted molar refractivity (Wildman–Crippen MR) is 133 cm³/mol. The van der Waals surface area contributed by atoms with Gasteiger partial charge in [-0.3, -0.25) is 4.57 Å². The van der Waals surface area contributed by atoms with E-state index in [1.807, 2.05) is 18.0 Å². The summed E-state index contributed by atoms with van der Waals surface area (Å²) in [4.78, 5) is 10.6. The van der Waals surface area contributed by atoms with E-state index in [0.717, 1.165) is 12.8 Å². The molecule has 15 heteroatoms. The van der Waals surface area contributed by atoms with Gasteiger partial charge in [0.05, 0.1) is 33.4 Å². The average Bonchev–Trinajstić information content (AvgIpc) is 3.76. The van der Waals surface area contributed by atoms with E-state index in [-0.39, 0.29) is 10.0 Å². The average molecular weight is 556 g/mol. The summed E-state index contributed by atoms with van der Waals surface area (Å²) < 4.78 is 57.0. The minimum Gasteiger partial charge on any atom is -0.357 e. The van der Waals surface area contributed by atoms with Crippen molar-refractivity contribution in [2.45, 2.75) is 42.5 Å². The molecule has 38 heavy (non-hydrogen) atoms. The lowest BCUT2D eigenvalue weighted by molar-refractivity contribution is 0.150. The number of nitriles is 2. The number of aromatic nitrogens is 5. The number of fused-ring (bicyclic) bond motifs is 3. The molecule has 2 fully saturated rings. The van der Waals surface area contributed by atoms with E-state index in [4.69, 9.17) is 0 Å². The second-order valence-electron chi connectivity index (χ2n) is 9.68. The third-order valence-corrected chi connectivity index (χ3v) is 9.35. The minimum absolute atomic E-state index is 0.0847. The molecule has 1 aromatic carbocycles. The highest BCUT2D eigenvalue weighted by Crippen LogP contribution is 2.47. The van der Waals surface area contributed by atoms with Crippen LogP contribution < -0.4 is 9.62 Å². The lowest BCUT2D eigenvalue weighted by Crippen LogP contribution is -2.35. The van der Waals surface area contributed by atoms with Gasteiger partial charge in [-0.15, -0.1) is 10.2 Å². The van der Waals surface area contributed by atoms with Crippen molar-refractivity contribution >= 4 is 49.1 Å². The first kappa shape index (κ1) is 24.5. The Labute approximate surface area is 219 Å². The molecule has 4 aromatic rings. The van der Waals surface area contributed by atoms with Crippen molar-refractivity contribution in [3.8, 4) is 17.3 Å². The Hall–Kier alpha value is -3.79. The molecule has 3 aromatic heterocycles. The predicted octanol–water partition coefficient (Wildman–Crippen LogP) is 3.44. The normalized spacial score (nSPS) is 17.4. The van der Waals surface area contributed by atoms with Gasteiger partial charge in [-0.25, -0.2) is 27.2 Å². The quantitative estimate of drug-likeness (QED) is 0.344. The van der Waals surface area contributed by atoms with E-state index in [2.05, 4.69) is 31.0 Å². The van der Waals surface area contributed by atoms with Crippen molar-refractivity contribution < 1.29 is 17.2 Å². The molecule has 0 spiro atoms. The highest BCUT2D eigenvalue weighted by atomic mass is 32.2. The summed E-state index contributed by atoms with van der Waals surface area (Å²) in [5, 5.41) is 27.2. The third-order valence-electron chi connectivity index (χ3n) is 6.90.